The molecule has 37 heavy (non-hydrogen) atoms. The van der Waals surface area contributed by atoms with E-state index < -0.39 is 0 Å². The SMILES string of the molecule is C/C(=C\c1ccccc1C)C(c1cccc(-c2ccc(N3CCC(N)C3)cc2)c1)c1cc(Cl)ccc1C. The van der Waals surface area contributed by atoms with Crippen molar-refractivity contribution >= 4 is 23.4 Å². The molecule has 0 aromatic heterocycles. The van der Waals surface area contributed by atoms with Crippen LogP contribution in [0.1, 0.15) is 47.1 Å². The van der Waals surface area contributed by atoms with Crippen LogP contribution in [-0.2, 0) is 0 Å². The summed E-state index contributed by atoms with van der Waals surface area (Å²) in [6.07, 6.45) is 3.38. The van der Waals surface area contributed by atoms with Crippen molar-refractivity contribution in [2.75, 3.05) is 18.0 Å². The number of rotatable bonds is 6. The molecule has 2 unspecified atom stereocenters. The predicted octanol–water partition coefficient (Wildman–Crippen LogP) is 8.40. The maximum Gasteiger partial charge on any atom is 0.0409 e. The number of nitrogens with two attached hydrogens (primary N) is 1. The standard InChI is InChI=1S/C34H35ClN2/c1-23-7-4-5-8-27(23)19-25(3)34(33-21-30(35)14-11-24(33)2)29-10-6-9-28(20-29)26-12-15-32(16-13-26)37-18-17-31(36)22-37/h4-16,19-21,31,34H,17-18,22,36H2,1-3H3/b25-19+. The van der Waals surface area contributed by atoms with E-state index in [1.54, 1.807) is 0 Å². The van der Waals surface area contributed by atoms with Gasteiger partial charge in [-0.05, 0) is 90.4 Å². The minimum Gasteiger partial charge on any atom is -0.370 e. The lowest BCUT2D eigenvalue weighted by molar-refractivity contribution is 0.752. The van der Waals surface area contributed by atoms with E-state index >= 15 is 0 Å². The smallest absolute Gasteiger partial charge is 0.0409 e. The third kappa shape index (κ3) is 5.66. The van der Waals surface area contributed by atoms with E-state index in [4.69, 9.17) is 17.3 Å². The second kappa shape index (κ2) is 11.0. The number of allylic oxidation sites excluding steroid dienone is 1. The minimum atomic E-state index is 0.101. The van der Waals surface area contributed by atoms with Gasteiger partial charge in [0.15, 0.2) is 0 Å². The van der Waals surface area contributed by atoms with Crippen LogP contribution in [0.2, 0.25) is 5.02 Å². The molecule has 1 saturated heterocycles. The number of hydrogen-bond donors (Lipinski definition) is 1. The zero-order chi connectivity index (χ0) is 25.9. The van der Waals surface area contributed by atoms with Gasteiger partial charge < -0.3 is 10.6 Å². The predicted molar refractivity (Wildman–Crippen MR) is 160 cm³/mol. The monoisotopic (exact) mass is 506 g/mol. The van der Waals surface area contributed by atoms with Crippen LogP contribution in [0.4, 0.5) is 5.69 Å². The fourth-order valence-corrected chi connectivity index (χ4v) is 5.65. The topological polar surface area (TPSA) is 29.3 Å². The minimum absolute atomic E-state index is 0.101. The molecule has 4 aromatic carbocycles. The molecular weight excluding hydrogens is 472 g/mol. The molecule has 1 aliphatic rings. The van der Waals surface area contributed by atoms with Gasteiger partial charge in [0.05, 0.1) is 0 Å². The fraction of sp³-hybridized carbons (Fsp3) is 0.235. The Hall–Kier alpha value is -3.33. The van der Waals surface area contributed by atoms with Gasteiger partial charge in [-0.25, -0.2) is 0 Å². The summed E-state index contributed by atoms with van der Waals surface area (Å²) in [6, 6.07) is 32.9. The molecule has 0 bridgehead atoms. The summed E-state index contributed by atoms with van der Waals surface area (Å²) in [6.45, 7) is 8.54. The zero-order valence-corrected chi connectivity index (χ0v) is 22.7. The van der Waals surface area contributed by atoms with Gasteiger partial charge in [0.25, 0.3) is 0 Å². The molecule has 1 heterocycles. The quantitative estimate of drug-likeness (QED) is 0.284. The average molecular weight is 507 g/mol. The second-order valence-electron chi connectivity index (χ2n) is 10.3. The lowest BCUT2D eigenvalue weighted by Crippen LogP contribution is -2.26. The van der Waals surface area contributed by atoms with Gasteiger partial charge in [-0.1, -0.05) is 90.0 Å². The lowest BCUT2D eigenvalue weighted by atomic mass is 9.81. The van der Waals surface area contributed by atoms with Gasteiger partial charge in [-0.15, -0.1) is 0 Å². The Morgan fingerprint density at radius 2 is 1.68 bits per heavy atom. The summed E-state index contributed by atoms with van der Waals surface area (Å²) >= 11 is 6.51. The highest BCUT2D eigenvalue weighted by atomic mass is 35.5. The van der Waals surface area contributed by atoms with Crippen molar-refractivity contribution in [2.45, 2.75) is 39.2 Å². The van der Waals surface area contributed by atoms with Crippen molar-refractivity contribution in [3.63, 3.8) is 0 Å². The average Bonchev–Trinajstić information content (AvgIpc) is 3.34. The van der Waals surface area contributed by atoms with E-state index in [2.05, 4.69) is 117 Å². The van der Waals surface area contributed by atoms with Crippen LogP contribution in [0, 0.1) is 13.8 Å². The maximum atomic E-state index is 6.51. The van der Waals surface area contributed by atoms with Crippen molar-refractivity contribution in [3.8, 4) is 11.1 Å². The van der Waals surface area contributed by atoms with Crippen LogP contribution in [0.15, 0.2) is 96.6 Å². The van der Waals surface area contributed by atoms with E-state index in [1.807, 2.05) is 6.07 Å². The summed E-state index contributed by atoms with van der Waals surface area (Å²) in [5.41, 5.74) is 17.4. The molecule has 0 amide bonds. The van der Waals surface area contributed by atoms with Crippen LogP contribution in [0.5, 0.6) is 0 Å². The Labute approximate surface area is 226 Å². The number of benzene rings is 4. The molecule has 1 aliphatic heterocycles. The Morgan fingerprint density at radius 1 is 0.892 bits per heavy atom. The van der Waals surface area contributed by atoms with Crippen LogP contribution in [-0.4, -0.2) is 19.1 Å². The van der Waals surface area contributed by atoms with Crippen molar-refractivity contribution in [2.24, 2.45) is 5.73 Å². The van der Waals surface area contributed by atoms with Crippen LogP contribution >= 0.6 is 11.6 Å². The van der Waals surface area contributed by atoms with Crippen LogP contribution in [0.3, 0.4) is 0 Å². The molecule has 188 valence electrons. The van der Waals surface area contributed by atoms with Gasteiger partial charge in [0.2, 0.25) is 0 Å². The van der Waals surface area contributed by atoms with E-state index in [-0.39, 0.29) is 12.0 Å². The summed E-state index contributed by atoms with van der Waals surface area (Å²) in [5, 5.41) is 0.766. The number of aryl methyl sites for hydroxylation is 2. The van der Waals surface area contributed by atoms with Crippen molar-refractivity contribution in [3.05, 3.63) is 129 Å². The van der Waals surface area contributed by atoms with Crippen LogP contribution in [0.25, 0.3) is 17.2 Å². The highest BCUT2D eigenvalue weighted by Crippen LogP contribution is 2.38. The number of halogens is 1. The van der Waals surface area contributed by atoms with Crippen LogP contribution < -0.4 is 10.6 Å². The lowest BCUT2D eigenvalue weighted by Gasteiger charge is -2.23. The molecule has 1 fully saturated rings. The number of nitrogens with zero attached hydrogens (tertiary/aromatic N) is 1. The molecule has 0 aliphatic carbocycles. The highest BCUT2D eigenvalue weighted by Gasteiger charge is 2.21. The Bertz CT molecular complexity index is 1420. The van der Waals surface area contributed by atoms with Gasteiger partial charge in [-0.2, -0.15) is 0 Å². The Morgan fingerprint density at radius 3 is 2.41 bits per heavy atom. The molecule has 0 radical (unpaired) electrons. The molecule has 2 nitrogen and oxygen atoms in total. The van der Waals surface area contributed by atoms with Gasteiger partial charge in [-0.3, -0.25) is 0 Å². The second-order valence-corrected chi connectivity index (χ2v) is 10.8. The van der Waals surface area contributed by atoms with Crippen molar-refractivity contribution in [1.82, 2.24) is 0 Å². The summed E-state index contributed by atoms with van der Waals surface area (Å²) < 4.78 is 0. The first kappa shape index (κ1) is 25.3. The molecular formula is C34H35ClN2. The van der Waals surface area contributed by atoms with Crippen molar-refractivity contribution in [1.29, 1.82) is 0 Å². The first-order chi connectivity index (χ1) is 17.9. The third-order valence-electron chi connectivity index (χ3n) is 7.59. The first-order valence-electron chi connectivity index (χ1n) is 13.1. The third-order valence-corrected chi connectivity index (χ3v) is 7.82. The number of anilines is 1. The van der Waals surface area contributed by atoms with E-state index in [0.29, 0.717) is 0 Å². The van der Waals surface area contributed by atoms with Gasteiger partial charge in [0.1, 0.15) is 0 Å². The fourth-order valence-electron chi connectivity index (χ4n) is 5.47. The summed E-state index contributed by atoms with van der Waals surface area (Å²) in [5.74, 6) is 0.101. The number of hydrogen-bond acceptors (Lipinski definition) is 2. The zero-order valence-electron chi connectivity index (χ0n) is 21.9. The maximum absolute atomic E-state index is 6.51. The van der Waals surface area contributed by atoms with Gasteiger partial charge >= 0.3 is 0 Å². The van der Waals surface area contributed by atoms with E-state index in [0.717, 1.165) is 24.5 Å². The van der Waals surface area contributed by atoms with E-state index in [1.165, 1.54) is 50.2 Å². The van der Waals surface area contributed by atoms with E-state index in [9.17, 15) is 0 Å². The molecule has 3 heteroatoms. The normalized spacial score (nSPS) is 16.7. The highest BCUT2D eigenvalue weighted by molar-refractivity contribution is 6.30. The first-order valence-corrected chi connectivity index (χ1v) is 13.5. The molecule has 0 saturated carbocycles. The molecule has 2 atom stereocenters. The Balaban J connectivity index is 1.54. The largest absolute Gasteiger partial charge is 0.370 e. The molecule has 0 spiro atoms. The Kier molecular flexibility index (Phi) is 7.50. The molecule has 5 rings (SSSR count). The molecule has 2 N–H and O–H groups in total. The van der Waals surface area contributed by atoms with Gasteiger partial charge in [0, 0.05) is 35.8 Å². The molecule has 4 aromatic rings. The summed E-state index contributed by atoms with van der Waals surface area (Å²) in [7, 11) is 0. The summed E-state index contributed by atoms with van der Waals surface area (Å²) in [4.78, 5) is 2.38. The van der Waals surface area contributed by atoms with Crippen molar-refractivity contribution < 1.29 is 0 Å².